The summed E-state index contributed by atoms with van der Waals surface area (Å²) in [6.45, 7) is 7.77. The molecule has 1 aromatic heterocycles. The maximum atomic E-state index is 11.5. The summed E-state index contributed by atoms with van der Waals surface area (Å²) in [5.74, 6) is -0.358. The lowest BCUT2D eigenvalue weighted by Crippen LogP contribution is -2.15. The highest BCUT2D eigenvalue weighted by Gasteiger charge is 2.19. The van der Waals surface area contributed by atoms with E-state index in [2.05, 4.69) is 10.3 Å². The third-order valence-electron chi connectivity index (χ3n) is 1.82. The molecule has 0 fully saturated rings. The highest BCUT2D eigenvalue weighted by atomic mass is 16.5. The summed E-state index contributed by atoms with van der Waals surface area (Å²) in [4.78, 5) is 11.5. The lowest BCUT2D eigenvalue weighted by atomic mass is 10.3. The molecule has 14 heavy (non-hydrogen) atoms. The van der Waals surface area contributed by atoms with E-state index >= 15 is 0 Å². The molecule has 5 heteroatoms. The van der Waals surface area contributed by atoms with Crippen LogP contribution < -0.4 is 0 Å². The third-order valence-corrected chi connectivity index (χ3v) is 1.82. The Morgan fingerprint density at radius 2 is 2.21 bits per heavy atom. The summed E-state index contributed by atoms with van der Waals surface area (Å²) in [6, 6.07) is 0.107. The van der Waals surface area contributed by atoms with Crippen molar-refractivity contribution in [1.29, 1.82) is 0 Å². The van der Waals surface area contributed by atoms with E-state index < -0.39 is 0 Å². The molecular formula is C9H15N3O2. The van der Waals surface area contributed by atoms with E-state index in [1.807, 2.05) is 13.8 Å². The van der Waals surface area contributed by atoms with Gasteiger partial charge in [-0.3, -0.25) is 0 Å². The van der Waals surface area contributed by atoms with Gasteiger partial charge in [0, 0.05) is 6.04 Å². The SMILES string of the molecule is CCOC(=O)c1c(C)nnn1C(C)C. The Morgan fingerprint density at radius 1 is 1.57 bits per heavy atom. The summed E-state index contributed by atoms with van der Waals surface area (Å²) in [5.41, 5.74) is 1.05. The fourth-order valence-electron chi connectivity index (χ4n) is 1.18. The molecule has 0 radical (unpaired) electrons. The molecule has 0 aromatic carbocycles. The highest BCUT2D eigenvalue weighted by Crippen LogP contribution is 2.11. The van der Waals surface area contributed by atoms with E-state index in [4.69, 9.17) is 4.74 Å². The normalized spacial score (nSPS) is 10.6. The lowest BCUT2D eigenvalue weighted by molar-refractivity contribution is 0.0509. The van der Waals surface area contributed by atoms with Crippen molar-refractivity contribution < 1.29 is 9.53 Å². The summed E-state index contributed by atoms with van der Waals surface area (Å²) < 4.78 is 6.49. The number of ether oxygens (including phenoxy) is 1. The van der Waals surface area contributed by atoms with E-state index in [0.717, 1.165) is 0 Å². The fraction of sp³-hybridized carbons (Fsp3) is 0.667. The van der Waals surface area contributed by atoms with Crippen molar-refractivity contribution in [3.63, 3.8) is 0 Å². The zero-order chi connectivity index (χ0) is 10.7. The average molecular weight is 197 g/mol. The largest absolute Gasteiger partial charge is 0.461 e. The van der Waals surface area contributed by atoms with Crippen molar-refractivity contribution in [2.75, 3.05) is 6.61 Å². The predicted octanol–water partition coefficient (Wildman–Crippen LogP) is 1.34. The van der Waals surface area contributed by atoms with Crippen LogP contribution in [0.15, 0.2) is 0 Å². The number of aryl methyl sites for hydroxylation is 1. The standard InChI is InChI=1S/C9H15N3O2/c1-5-14-9(13)8-7(4)10-11-12(8)6(2)3/h6H,5H2,1-4H3. The van der Waals surface area contributed by atoms with Gasteiger partial charge in [0.15, 0.2) is 5.69 Å². The number of hydrogen-bond donors (Lipinski definition) is 0. The number of hydrogen-bond acceptors (Lipinski definition) is 4. The maximum absolute atomic E-state index is 11.5. The molecule has 0 aliphatic carbocycles. The Labute approximate surface area is 83.1 Å². The van der Waals surface area contributed by atoms with Gasteiger partial charge in [-0.05, 0) is 27.7 Å². The molecule has 0 aliphatic heterocycles. The minimum atomic E-state index is -0.358. The van der Waals surface area contributed by atoms with Crippen LogP contribution in [0.5, 0.6) is 0 Å². The lowest BCUT2D eigenvalue weighted by Gasteiger charge is -2.08. The number of rotatable bonds is 3. The Kier molecular flexibility index (Phi) is 3.22. The van der Waals surface area contributed by atoms with Crippen molar-refractivity contribution in [3.8, 4) is 0 Å². The van der Waals surface area contributed by atoms with Crippen molar-refractivity contribution in [1.82, 2.24) is 15.0 Å². The Hall–Kier alpha value is -1.39. The second-order valence-electron chi connectivity index (χ2n) is 3.28. The van der Waals surface area contributed by atoms with Gasteiger partial charge in [0.05, 0.1) is 12.3 Å². The summed E-state index contributed by atoms with van der Waals surface area (Å²) in [6.07, 6.45) is 0. The van der Waals surface area contributed by atoms with Crippen LogP contribution in [0.2, 0.25) is 0 Å². The van der Waals surface area contributed by atoms with E-state index in [0.29, 0.717) is 18.0 Å². The topological polar surface area (TPSA) is 57.0 Å². The number of carbonyl (C=O) groups excluding carboxylic acids is 1. The molecule has 0 saturated heterocycles. The van der Waals surface area contributed by atoms with Crippen molar-refractivity contribution >= 4 is 5.97 Å². The molecule has 0 unspecified atom stereocenters. The van der Waals surface area contributed by atoms with Crippen LogP contribution in [0.3, 0.4) is 0 Å². The molecular weight excluding hydrogens is 182 g/mol. The first-order valence-corrected chi connectivity index (χ1v) is 4.66. The Morgan fingerprint density at radius 3 is 2.71 bits per heavy atom. The minimum Gasteiger partial charge on any atom is -0.461 e. The van der Waals surface area contributed by atoms with Crippen LogP contribution >= 0.6 is 0 Å². The van der Waals surface area contributed by atoms with Crippen LogP contribution in [0, 0.1) is 6.92 Å². The van der Waals surface area contributed by atoms with Crippen molar-refractivity contribution in [2.45, 2.75) is 33.7 Å². The van der Waals surface area contributed by atoms with Gasteiger partial charge in [-0.15, -0.1) is 5.10 Å². The van der Waals surface area contributed by atoms with Crippen LogP contribution in [-0.4, -0.2) is 27.6 Å². The third kappa shape index (κ3) is 1.92. The Balaban J connectivity index is 3.04. The van der Waals surface area contributed by atoms with Crippen molar-refractivity contribution in [3.05, 3.63) is 11.4 Å². The molecule has 0 bridgehead atoms. The minimum absolute atomic E-state index is 0.107. The highest BCUT2D eigenvalue weighted by molar-refractivity contribution is 5.88. The first kappa shape index (κ1) is 10.7. The van der Waals surface area contributed by atoms with Gasteiger partial charge in [0.1, 0.15) is 0 Å². The second-order valence-corrected chi connectivity index (χ2v) is 3.28. The molecule has 1 rings (SSSR count). The molecule has 5 nitrogen and oxygen atoms in total. The van der Waals surface area contributed by atoms with Gasteiger partial charge in [0.25, 0.3) is 0 Å². The smallest absolute Gasteiger partial charge is 0.358 e. The number of esters is 1. The molecule has 1 heterocycles. The summed E-state index contributed by atoms with van der Waals surface area (Å²) in [7, 11) is 0. The quantitative estimate of drug-likeness (QED) is 0.686. The second kappa shape index (κ2) is 4.21. The molecule has 78 valence electrons. The average Bonchev–Trinajstić information content (AvgIpc) is 2.47. The monoisotopic (exact) mass is 197 g/mol. The van der Waals surface area contributed by atoms with E-state index in [-0.39, 0.29) is 12.0 Å². The van der Waals surface area contributed by atoms with Crippen LogP contribution in [0.25, 0.3) is 0 Å². The predicted molar refractivity (Wildman–Crippen MR) is 51.1 cm³/mol. The molecule has 1 aromatic rings. The molecule has 0 atom stereocenters. The fourth-order valence-corrected chi connectivity index (χ4v) is 1.18. The van der Waals surface area contributed by atoms with Gasteiger partial charge in [-0.1, -0.05) is 5.21 Å². The number of aromatic nitrogens is 3. The molecule has 0 spiro atoms. The van der Waals surface area contributed by atoms with Crippen molar-refractivity contribution in [2.24, 2.45) is 0 Å². The van der Waals surface area contributed by atoms with E-state index in [9.17, 15) is 4.79 Å². The van der Waals surface area contributed by atoms with E-state index in [1.54, 1.807) is 18.5 Å². The number of nitrogens with zero attached hydrogens (tertiary/aromatic N) is 3. The Bertz CT molecular complexity index is 331. The van der Waals surface area contributed by atoms with Crippen LogP contribution in [-0.2, 0) is 4.74 Å². The zero-order valence-electron chi connectivity index (χ0n) is 8.94. The van der Waals surface area contributed by atoms with Gasteiger partial charge < -0.3 is 4.74 Å². The first-order valence-electron chi connectivity index (χ1n) is 4.66. The molecule has 0 N–H and O–H groups in total. The number of carbonyl (C=O) groups is 1. The summed E-state index contributed by atoms with van der Waals surface area (Å²) in [5, 5.41) is 7.74. The first-order chi connectivity index (χ1) is 6.57. The van der Waals surface area contributed by atoms with Gasteiger partial charge in [0.2, 0.25) is 0 Å². The van der Waals surface area contributed by atoms with Gasteiger partial charge in [-0.25, -0.2) is 9.48 Å². The molecule has 0 amide bonds. The van der Waals surface area contributed by atoms with Gasteiger partial charge >= 0.3 is 5.97 Å². The molecule has 0 saturated carbocycles. The van der Waals surface area contributed by atoms with Crippen LogP contribution in [0.1, 0.15) is 43.0 Å². The molecule has 0 aliphatic rings. The van der Waals surface area contributed by atoms with Gasteiger partial charge in [-0.2, -0.15) is 0 Å². The maximum Gasteiger partial charge on any atom is 0.358 e. The zero-order valence-corrected chi connectivity index (χ0v) is 8.94. The van der Waals surface area contributed by atoms with Crippen LogP contribution in [0.4, 0.5) is 0 Å². The summed E-state index contributed by atoms with van der Waals surface area (Å²) >= 11 is 0. The van der Waals surface area contributed by atoms with E-state index in [1.165, 1.54) is 0 Å².